The lowest BCUT2D eigenvalue weighted by molar-refractivity contribution is 0.0972. The highest BCUT2D eigenvalue weighted by molar-refractivity contribution is 7.07. The molecule has 1 N–H and O–H groups in total. The third-order valence-electron chi connectivity index (χ3n) is 3.43. The van der Waals surface area contributed by atoms with Crippen LogP contribution in [0.5, 0.6) is 0 Å². The molecule has 1 aliphatic rings. The Morgan fingerprint density at radius 3 is 2.94 bits per heavy atom. The lowest BCUT2D eigenvalue weighted by atomic mass is 9.97. The Morgan fingerprint density at radius 1 is 1.39 bits per heavy atom. The van der Waals surface area contributed by atoms with E-state index in [1.54, 1.807) is 0 Å². The molecule has 0 amide bonds. The molecule has 0 atom stereocenters. The highest BCUT2D eigenvalue weighted by Crippen LogP contribution is 2.25. The van der Waals surface area contributed by atoms with Gasteiger partial charge in [-0.2, -0.15) is 0 Å². The highest BCUT2D eigenvalue weighted by Gasteiger charge is 2.22. The molecule has 4 nitrogen and oxygen atoms in total. The molecular weight excluding hydrogens is 248 g/mol. The van der Waals surface area contributed by atoms with Crippen molar-refractivity contribution in [2.75, 3.05) is 0 Å². The summed E-state index contributed by atoms with van der Waals surface area (Å²) in [5, 5.41) is 1.85. The minimum atomic E-state index is -0.0280. The lowest BCUT2D eigenvalue weighted by Crippen LogP contribution is -2.14. The predicted molar refractivity (Wildman–Crippen MR) is 70.5 cm³/mol. The van der Waals surface area contributed by atoms with Crippen molar-refractivity contribution in [3.8, 4) is 0 Å². The Kier molecular flexibility index (Phi) is 2.70. The molecule has 0 aliphatic heterocycles. The van der Waals surface area contributed by atoms with Crippen molar-refractivity contribution in [3.63, 3.8) is 0 Å². The molecule has 0 unspecified atom stereocenters. The summed E-state index contributed by atoms with van der Waals surface area (Å²) >= 11 is 1.18. The van der Waals surface area contributed by atoms with Gasteiger partial charge < -0.3 is 9.55 Å². The van der Waals surface area contributed by atoms with Crippen molar-refractivity contribution in [1.82, 2.24) is 9.55 Å². The summed E-state index contributed by atoms with van der Waals surface area (Å²) in [4.78, 5) is 25.8. The molecule has 2 aromatic heterocycles. The van der Waals surface area contributed by atoms with Gasteiger partial charge in [-0.3, -0.25) is 9.59 Å². The fraction of sp³-hybridized carbons (Fsp3) is 0.385. The molecule has 0 saturated carbocycles. The maximum atomic E-state index is 11.8. The van der Waals surface area contributed by atoms with Crippen LogP contribution < -0.4 is 4.87 Å². The van der Waals surface area contributed by atoms with E-state index < -0.39 is 0 Å². The van der Waals surface area contributed by atoms with Gasteiger partial charge in [0.05, 0.1) is 6.54 Å². The molecule has 2 aromatic rings. The standard InChI is InChI=1S/C13H14N2O2S/c1-8-5-10-11(3-2-4-12(10)16)15(8)6-9-7-18-13(17)14-9/h5,7H,2-4,6H2,1H3,(H,14,17). The average Bonchev–Trinajstić information content (AvgIpc) is 2.87. The monoisotopic (exact) mass is 262 g/mol. The first-order valence-corrected chi connectivity index (χ1v) is 6.92. The Balaban J connectivity index is 2.02. The molecule has 1 aliphatic carbocycles. The molecule has 94 valence electrons. The third-order valence-corrected chi connectivity index (χ3v) is 4.15. The number of aromatic amines is 1. The van der Waals surface area contributed by atoms with E-state index in [0.29, 0.717) is 13.0 Å². The number of thiazole rings is 1. The van der Waals surface area contributed by atoms with Crippen LogP contribution >= 0.6 is 11.3 Å². The number of nitrogens with one attached hydrogen (secondary N) is 1. The number of ketones is 1. The summed E-state index contributed by atoms with van der Waals surface area (Å²) in [7, 11) is 0. The first kappa shape index (κ1) is 11.5. The van der Waals surface area contributed by atoms with Gasteiger partial charge in [-0.1, -0.05) is 11.3 Å². The first-order chi connectivity index (χ1) is 8.65. The molecule has 5 heteroatoms. The molecule has 0 spiro atoms. The van der Waals surface area contributed by atoms with Crippen LogP contribution in [0.15, 0.2) is 16.2 Å². The number of hydrogen-bond acceptors (Lipinski definition) is 3. The third kappa shape index (κ3) is 1.84. The average molecular weight is 262 g/mol. The zero-order valence-corrected chi connectivity index (χ0v) is 11.0. The summed E-state index contributed by atoms with van der Waals surface area (Å²) in [6.07, 6.45) is 2.53. The van der Waals surface area contributed by atoms with Gasteiger partial charge in [0.15, 0.2) is 5.78 Å². The molecule has 0 fully saturated rings. The van der Waals surface area contributed by atoms with Crippen LogP contribution in [0.1, 0.15) is 40.3 Å². The number of aryl methyl sites for hydroxylation is 1. The number of rotatable bonds is 2. The van der Waals surface area contributed by atoms with Gasteiger partial charge >= 0.3 is 4.87 Å². The normalized spacial score (nSPS) is 14.8. The van der Waals surface area contributed by atoms with Crippen LogP contribution in [0, 0.1) is 6.92 Å². The SMILES string of the molecule is Cc1cc2c(n1Cc1csc(=O)[nH]1)CCCC2=O. The van der Waals surface area contributed by atoms with Crippen molar-refractivity contribution < 1.29 is 4.79 Å². The molecule has 0 bridgehead atoms. The van der Waals surface area contributed by atoms with E-state index in [2.05, 4.69) is 9.55 Å². The van der Waals surface area contributed by atoms with Crippen molar-refractivity contribution in [3.05, 3.63) is 43.8 Å². The van der Waals surface area contributed by atoms with E-state index in [1.807, 2.05) is 18.4 Å². The second-order valence-corrected chi connectivity index (χ2v) is 5.52. The summed E-state index contributed by atoms with van der Waals surface area (Å²) in [5.41, 5.74) is 3.99. The predicted octanol–water partition coefficient (Wildman–Crippen LogP) is 2.11. The van der Waals surface area contributed by atoms with E-state index in [4.69, 9.17) is 0 Å². The lowest BCUT2D eigenvalue weighted by Gasteiger charge is -2.15. The van der Waals surface area contributed by atoms with Crippen LogP contribution in [0.25, 0.3) is 0 Å². The summed E-state index contributed by atoms with van der Waals surface area (Å²) < 4.78 is 2.14. The summed E-state index contributed by atoms with van der Waals surface area (Å²) in [6, 6.07) is 1.97. The van der Waals surface area contributed by atoms with E-state index in [0.717, 1.165) is 35.5 Å². The van der Waals surface area contributed by atoms with Crippen molar-refractivity contribution >= 4 is 17.1 Å². The molecule has 0 saturated heterocycles. The summed E-state index contributed by atoms with van der Waals surface area (Å²) in [5.74, 6) is 0.247. The van der Waals surface area contributed by atoms with E-state index >= 15 is 0 Å². The van der Waals surface area contributed by atoms with Crippen molar-refractivity contribution in [2.45, 2.75) is 32.7 Å². The zero-order chi connectivity index (χ0) is 12.7. The molecule has 0 radical (unpaired) electrons. The fourth-order valence-electron chi connectivity index (χ4n) is 2.57. The number of hydrogen-bond donors (Lipinski definition) is 1. The largest absolute Gasteiger partial charge is 0.342 e. The van der Waals surface area contributed by atoms with Gasteiger partial charge in [-0.15, -0.1) is 0 Å². The molecule has 0 aromatic carbocycles. The van der Waals surface area contributed by atoms with E-state index in [9.17, 15) is 9.59 Å². The molecular formula is C13H14N2O2S. The zero-order valence-electron chi connectivity index (χ0n) is 10.2. The number of Topliss-reactive ketones (excluding diaryl/α,β-unsaturated/α-hetero) is 1. The number of nitrogens with zero attached hydrogens (tertiary/aromatic N) is 1. The van der Waals surface area contributed by atoms with Crippen LogP contribution in [0.4, 0.5) is 0 Å². The minimum absolute atomic E-state index is 0.0280. The molecule has 2 heterocycles. The number of carbonyl (C=O) groups excluding carboxylic acids is 1. The fourth-order valence-corrected chi connectivity index (χ4v) is 3.15. The van der Waals surface area contributed by atoms with Crippen LogP contribution in [-0.4, -0.2) is 15.3 Å². The Labute approximate surface area is 108 Å². The maximum absolute atomic E-state index is 11.8. The number of fused-ring (bicyclic) bond motifs is 1. The second-order valence-electron chi connectivity index (χ2n) is 4.68. The van der Waals surface area contributed by atoms with E-state index in [1.165, 1.54) is 11.3 Å². The number of carbonyl (C=O) groups is 1. The smallest absolute Gasteiger partial charge is 0.304 e. The van der Waals surface area contributed by atoms with Gasteiger partial charge in [0, 0.05) is 34.4 Å². The van der Waals surface area contributed by atoms with Gasteiger partial charge in [0.2, 0.25) is 0 Å². The summed E-state index contributed by atoms with van der Waals surface area (Å²) in [6.45, 7) is 2.66. The van der Waals surface area contributed by atoms with E-state index in [-0.39, 0.29) is 10.7 Å². The van der Waals surface area contributed by atoms with Crippen molar-refractivity contribution in [2.24, 2.45) is 0 Å². The Morgan fingerprint density at radius 2 is 2.22 bits per heavy atom. The second kappa shape index (κ2) is 4.24. The topological polar surface area (TPSA) is 54.9 Å². The first-order valence-electron chi connectivity index (χ1n) is 6.04. The van der Waals surface area contributed by atoms with Crippen LogP contribution in [-0.2, 0) is 13.0 Å². The Hall–Kier alpha value is -1.62. The molecule has 18 heavy (non-hydrogen) atoms. The minimum Gasteiger partial charge on any atom is -0.342 e. The number of H-pyrrole nitrogens is 1. The van der Waals surface area contributed by atoms with Gasteiger partial charge in [-0.05, 0) is 25.8 Å². The quantitative estimate of drug-likeness (QED) is 0.901. The van der Waals surface area contributed by atoms with Gasteiger partial charge in [-0.25, -0.2) is 0 Å². The van der Waals surface area contributed by atoms with Crippen LogP contribution in [0.2, 0.25) is 0 Å². The number of aromatic nitrogens is 2. The van der Waals surface area contributed by atoms with Gasteiger partial charge in [0.1, 0.15) is 0 Å². The highest BCUT2D eigenvalue weighted by atomic mass is 32.1. The van der Waals surface area contributed by atoms with Crippen molar-refractivity contribution in [1.29, 1.82) is 0 Å². The Bertz CT molecular complexity index is 663. The maximum Gasteiger partial charge on any atom is 0.304 e. The van der Waals surface area contributed by atoms with Gasteiger partial charge in [0.25, 0.3) is 0 Å². The molecule has 3 rings (SSSR count). The van der Waals surface area contributed by atoms with Crippen LogP contribution in [0.3, 0.4) is 0 Å².